The largest absolute Gasteiger partial charge is 0.363 e. The van der Waals surface area contributed by atoms with E-state index in [2.05, 4.69) is 4.98 Å². The second-order valence-electron chi connectivity index (χ2n) is 2.27. The third-order valence-corrected chi connectivity index (χ3v) is 1.44. The summed E-state index contributed by atoms with van der Waals surface area (Å²) in [7, 11) is 1.70. The van der Waals surface area contributed by atoms with Gasteiger partial charge in [0.25, 0.3) is 0 Å². The third kappa shape index (κ3) is 1.66. The zero-order valence-corrected chi connectivity index (χ0v) is 6.33. The lowest BCUT2D eigenvalue weighted by molar-refractivity contribution is 0.406. The summed E-state index contributed by atoms with van der Waals surface area (Å²) in [6.07, 6.45) is 1.78. The topological polar surface area (TPSA) is 39.8 Å². The predicted octanol–water partition coefficient (Wildman–Crippen LogP) is -0.0586. The fourth-order valence-electron chi connectivity index (χ4n) is 0.860. The van der Waals surface area contributed by atoms with E-state index in [-0.39, 0.29) is 5.69 Å². The Bertz CT molecular complexity index is 278. The van der Waals surface area contributed by atoms with E-state index < -0.39 is 6.67 Å². The molecule has 0 aliphatic rings. The highest BCUT2D eigenvalue weighted by atomic mass is 19.1. The van der Waals surface area contributed by atoms with Crippen molar-refractivity contribution in [1.29, 1.82) is 0 Å². The van der Waals surface area contributed by atoms with Crippen molar-refractivity contribution in [3.63, 3.8) is 0 Å². The Morgan fingerprint density at radius 3 is 2.91 bits per heavy atom. The van der Waals surface area contributed by atoms with Crippen molar-refractivity contribution in [1.82, 2.24) is 14.3 Å². The minimum atomic E-state index is -0.405. The van der Waals surface area contributed by atoms with Gasteiger partial charge in [-0.25, -0.2) is 9.48 Å². The predicted molar refractivity (Wildman–Crippen MR) is 38.1 cm³/mol. The van der Waals surface area contributed by atoms with Crippen LogP contribution in [0.25, 0.3) is 0 Å². The quantitative estimate of drug-likeness (QED) is 0.620. The van der Waals surface area contributed by atoms with Crippen LogP contribution in [0, 0.1) is 0 Å². The van der Waals surface area contributed by atoms with Gasteiger partial charge in [-0.2, -0.15) is 4.98 Å². The Kier molecular flexibility index (Phi) is 2.40. The molecule has 0 aliphatic heterocycles. The summed E-state index contributed by atoms with van der Waals surface area (Å²) in [6, 6.07) is 0. The molecule has 0 fully saturated rings. The summed E-state index contributed by atoms with van der Waals surface area (Å²) in [5.41, 5.74) is -0.319. The van der Waals surface area contributed by atoms with Crippen LogP contribution in [0.2, 0.25) is 0 Å². The summed E-state index contributed by atoms with van der Waals surface area (Å²) in [4.78, 5) is 14.4. The SMILES string of the molecule is Cn1cnc(=O)n1CCCF. The van der Waals surface area contributed by atoms with Gasteiger partial charge in [0.05, 0.1) is 6.67 Å². The Morgan fingerprint density at radius 1 is 1.73 bits per heavy atom. The van der Waals surface area contributed by atoms with Gasteiger partial charge in [0.1, 0.15) is 6.33 Å². The zero-order valence-electron chi connectivity index (χ0n) is 6.33. The van der Waals surface area contributed by atoms with Crippen LogP contribution >= 0.6 is 0 Å². The highest BCUT2D eigenvalue weighted by Gasteiger charge is 1.99. The molecule has 0 spiro atoms. The molecule has 1 heterocycles. The van der Waals surface area contributed by atoms with Crippen molar-refractivity contribution in [3.05, 3.63) is 16.8 Å². The average Bonchev–Trinajstić information content (AvgIpc) is 2.29. The fourth-order valence-corrected chi connectivity index (χ4v) is 0.860. The zero-order chi connectivity index (χ0) is 8.27. The number of rotatable bonds is 3. The van der Waals surface area contributed by atoms with Crippen molar-refractivity contribution in [2.75, 3.05) is 6.67 Å². The number of hydrogen-bond donors (Lipinski definition) is 0. The van der Waals surface area contributed by atoms with Crippen LogP contribution in [0.1, 0.15) is 6.42 Å². The maximum atomic E-state index is 11.7. The first kappa shape index (κ1) is 7.97. The summed E-state index contributed by atoms with van der Waals surface area (Å²) in [6.45, 7) is -0.0105. The van der Waals surface area contributed by atoms with Crippen LogP contribution in [0.15, 0.2) is 11.1 Å². The molecular formula is C6H10FN3O. The molecule has 1 aromatic heterocycles. The van der Waals surface area contributed by atoms with Gasteiger partial charge in [0.2, 0.25) is 0 Å². The van der Waals surface area contributed by atoms with Crippen LogP contribution in [0.5, 0.6) is 0 Å². The first-order valence-corrected chi connectivity index (χ1v) is 3.40. The van der Waals surface area contributed by atoms with Gasteiger partial charge in [-0.05, 0) is 6.42 Å². The molecule has 0 radical (unpaired) electrons. The van der Waals surface area contributed by atoms with Gasteiger partial charge in [0, 0.05) is 13.6 Å². The highest BCUT2D eigenvalue weighted by molar-refractivity contribution is 4.63. The summed E-state index contributed by atoms with van der Waals surface area (Å²) < 4.78 is 14.6. The van der Waals surface area contributed by atoms with Crippen molar-refractivity contribution in [2.24, 2.45) is 7.05 Å². The molecule has 11 heavy (non-hydrogen) atoms. The molecular weight excluding hydrogens is 149 g/mol. The van der Waals surface area contributed by atoms with Gasteiger partial charge in [-0.1, -0.05) is 0 Å². The lowest BCUT2D eigenvalue weighted by Crippen LogP contribution is -2.22. The molecule has 5 heteroatoms. The van der Waals surface area contributed by atoms with E-state index in [1.807, 2.05) is 0 Å². The molecule has 0 unspecified atom stereocenters. The van der Waals surface area contributed by atoms with Crippen molar-refractivity contribution >= 4 is 0 Å². The molecule has 0 saturated heterocycles. The van der Waals surface area contributed by atoms with E-state index in [9.17, 15) is 9.18 Å². The van der Waals surface area contributed by atoms with Crippen LogP contribution in [-0.2, 0) is 13.6 Å². The second-order valence-corrected chi connectivity index (χ2v) is 2.27. The van der Waals surface area contributed by atoms with Crippen LogP contribution in [-0.4, -0.2) is 21.0 Å². The van der Waals surface area contributed by atoms with E-state index >= 15 is 0 Å². The lowest BCUT2D eigenvalue weighted by Gasteiger charge is -2.01. The number of alkyl halides is 1. The number of nitrogens with zero attached hydrogens (tertiary/aromatic N) is 3. The third-order valence-electron chi connectivity index (χ3n) is 1.44. The first-order chi connectivity index (χ1) is 5.25. The van der Waals surface area contributed by atoms with Crippen molar-refractivity contribution in [2.45, 2.75) is 13.0 Å². The molecule has 0 atom stereocenters. The molecule has 0 aliphatic carbocycles. The Labute approximate surface area is 63.3 Å². The van der Waals surface area contributed by atoms with Gasteiger partial charge in [0.15, 0.2) is 0 Å². The minimum Gasteiger partial charge on any atom is -0.273 e. The van der Waals surface area contributed by atoms with Gasteiger partial charge in [-0.3, -0.25) is 9.07 Å². The molecule has 0 amide bonds. The number of halogens is 1. The van der Waals surface area contributed by atoms with Crippen LogP contribution in [0.4, 0.5) is 4.39 Å². The molecule has 0 bridgehead atoms. The minimum absolute atomic E-state index is 0.319. The molecule has 1 rings (SSSR count). The number of aryl methyl sites for hydroxylation is 1. The average molecular weight is 159 g/mol. The lowest BCUT2D eigenvalue weighted by atomic mass is 10.5. The molecule has 4 nitrogen and oxygen atoms in total. The maximum absolute atomic E-state index is 11.7. The van der Waals surface area contributed by atoms with Crippen molar-refractivity contribution in [3.8, 4) is 0 Å². The smallest absolute Gasteiger partial charge is 0.273 e. The van der Waals surface area contributed by atoms with E-state index in [1.165, 1.54) is 11.0 Å². The number of aromatic nitrogens is 3. The van der Waals surface area contributed by atoms with Crippen LogP contribution < -0.4 is 5.69 Å². The molecule has 0 aromatic carbocycles. The summed E-state index contributed by atoms with van der Waals surface area (Å²) in [5.74, 6) is 0. The standard InChI is InChI=1S/C6H10FN3O/c1-9-5-8-6(11)10(9)4-2-3-7/h5H,2-4H2,1H3. The first-order valence-electron chi connectivity index (χ1n) is 3.40. The molecule has 0 N–H and O–H groups in total. The normalized spacial score (nSPS) is 10.4. The molecule has 62 valence electrons. The maximum Gasteiger partial charge on any atom is 0.363 e. The Hall–Kier alpha value is -1.13. The Balaban J connectivity index is 2.75. The Morgan fingerprint density at radius 2 is 2.45 bits per heavy atom. The van der Waals surface area contributed by atoms with E-state index in [0.29, 0.717) is 13.0 Å². The highest BCUT2D eigenvalue weighted by Crippen LogP contribution is 1.85. The van der Waals surface area contributed by atoms with Crippen molar-refractivity contribution < 1.29 is 4.39 Å². The summed E-state index contributed by atoms with van der Waals surface area (Å²) >= 11 is 0. The van der Waals surface area contributed by atoms with E-state index in [1.54, 1.807) is 11.7 Å². The monoisotopic (exact) mass is 159 g/mol. The van der Waals surface area contributed by atoms with Gasteiger partial charge >= 0.3 is 5.69 Å². The fraction of sp³-hybridized carbons (Fsp3) is 0.667. The summed E-state index contributed by atoms with van der Waals surface area (Å²) in [5, 5.41) is 0. The molecule has 0 saturated carbocycles. The number of hydrogen-bond acceptors (Lipinski definition) is 2. The second kappa shape index (κ2) is 3.32. The molecule has 1 aromatic rings. The van der Waals surface area contributed by atoms with Gasteiger partial charge in [-0.15, -0.1) is 0 Å². The van der Waals surface area contributed by atoms with Gasteiger partial charge < -0.3 is 0 Å². The van der Waals surface area contributed by atoms with E-state index in [0.717, 1.165) is 0 Å². The van der Waals surface area contributed by atoms with E-state index in [4.69, 9.17) is 0 Å². The van der Waals surface area contributed by atoms with Crippen LogP contribution in [0.3, 0.4) is 0 Å².